The van der Waals surface area contributed by atoms with Gasteiger partial charge in [-0.1, -0.05) is 36.2 Å². The number of rotatable bonds is 6. The minimum absolute atomic E-state index is 0.280. The second kappa shape index (κ2) is 6.77. The van der Waals surface area contributed by atoms with Crippen molar-refractivity contribution in [3.63, 3.8) is 0 Å². The van der Waals surface area contributed by atoms with E-state index in [1.165, 1.54) is 16.7 Å². The average Bonchev–Trinajstić information content (AvgIpc) is 2.22. The van der Waals surface area contributed by atoms with Crippen LogP contribution in [0, 0.1) is 13.8 Å². The van der Waals surface area contributed by atoms with Crippen molar-refractivity contribution < 1.29 is 4.74 Å². The van der Waals surface area contributed by atoms with Crippen LogP contribution < -0.4 is 5.32 Å². The molecule has 96 valence electrons. The van der Waals surface area contributed by atoms with Crippen molar-refractivity contribution in [3.8, 4) is 0 Å². The van der Waals surface area contributed by atoms with Crippen LogP contribution in [0.4, 0.5) is 0 Å². The zero-order valence-electron chi connectivity index (χ0n) is 11.7. The molecular formula is C15H25NO. The van der Waals surface area contributed by atoms with E-state index in [1.807, 2.05) is 0 Å². The minimum atomic E-state index is 0.280. The summed E-state index contributed by atoms with van der Waals surface area (Å²) in [7, 11) is 0. The molecule has 0 saturated heterocycles. The maximum Gasteiger partial charge on any atom is 0.0664 e. The molecule has 1 atom stereocenters. The lowest BCUT2D eigenvalue weighted by molar-refractivity contribution is 0.0614. The quantitative estimate of drug-likeness (QED) is 0.816. The van der Waals surface area contributed by atoms with Crippen LogP contribution >= 0.6 is 0 Å². The van der Waals surface area contributed by atoms with Crippen LogP contribution in [0.5, 0.6) is 0 Å². The normalized spacial score (nSPS) is 13.1. The molecule has 0 aliphatic rings. The first-order valence-corrected chi connectivity index (χ1v) is 6.46. The Balaban J connectivity index is 2.80. The third-order valence-electron chi connectivity index (χ3n) is 2.69. The van der Waals surface area contributed by atoms with Gasteiger partial charge in [0.15, 0.2) is 0 Å². The van der Waals surface area contributed by atoms with Crippen LogP contribution in [0.1, 0.15) is 43.5 Å². The van der Waals surface area contributed by atoms with Crippen LogP contribution in [0.25, 0.3) is 0 Å². The highest BCUT2D eigenvalue weighted by atomic mass is 16.5. The molecule has 0 saturated carbocycles. The minimum Gasteiger partial charge on any atom is -0.377 e. The largest absolute Gasteiger partial charge is 0.377 e. The molecule has 1 rings (SSSR count). The van der Waals surface area contributed by atoms with Crippen molar-refractivity contribution >= 4 is 0 Å². The molecule has 1 aromatic rings. The van der Waals surface area contributed by atoms with E-state index < -0.39 is 0 Å². The molecule has 0 aromatic heterocycles. The molecule has 1 aromatic carbocycles. The van der Waals surface area contributed by atoms with Gasteiger partial charge in [-0.3, -0.25) is 0 Å². The SMILES string of the molecule is CCNC(COC(C)C)c1cc(C)cc(C)c1. The van der Waals surface area contributed by atoms with Gasteiger partial charge in [-0.25, -0.2) is 0 Å². The van der Waals surface area contributed by atoms with E-state index in [0.29, 0.717) is 6.04 Å². The van der Waals surface area contributed by atoms with Gasteiger partial charge < -0.3 is 10.1 Å². The summed E-state index contributed by atoms with van der Waals surface area (Å²) in [6.45, 7) is 12.2. The Morgan fingerprint density at radius 3 is 2.18 bits per heavy atom. The molecule has 2 heteroatoms. The van der Waals surface area contributed by atoms with E-state index in [1.54, 1.807) is 0 Å². The highest BCUT2D eigenvalue weighted by Gasteiger charge is 2.12. The van der Waals surface area contributed by atoms with E-state index >= 15 is 0 Å². The van der Waals surface area contributed by atoms with Gasteiger partial charge in [0.2, 0.25) is 0 Å². The van der Waals surface area contributed by atoms with Crippen LogP contribution in [0.15, 0.2) is 18.2 Å². The molecule has 1 unspecified atom stereocenters. The molecule has 0 bridgehead atoms. The Hall–Kier alpha value is -0.860. The van der Waals surface area contributed by atoms with Gasteiger partial charge in [0.25, 0.3) is 0 Å². The van der Waals surface area contributed by atoms with Crippen molar-refractivity contribution in [1.29, 1.82) is 0 Å². The summed E-state index contributed by atoms with van der Waals surface area (Å²) in [4.78, 5) is 0. The van der Waals surface area contributed by atoms with E-state index in [0.717, 1.165) is 13.2 Å². The molecule has 0 amide bonds. The Bertz CT molecular complexity index is 327. The summed E-state index contributed by atoms with van der Waals surface area (Å²) in [6.07, 6.45) is 0.280. The Morgan fingerprint density at radius 2 is 1.71 bits per heavy atom. The molecule has 0 fully saturated rings. The second-order valence-corrected chi connectivity index (χ2v) is 4.91. The fourth-order valence-electron chi connectivity index (χ4n) is 2.02. The molecule has 1 N–H and O–H groups in total. The van der Waals surface area contributed by atoms with E-state index in [9.17, 15) is 0 Å². The predicted octanol–water partition coefficient (Wildman–Crippen LogP) is 3.38. The van der Waals surface area contributed by atoms with Gasteiger partial charge in [0.05, 0.1) is 18.8 Å². The van der Waals surface area contributed by atoms with Gasteiger partial charge in [-0.15, -0.1) is 0 Å². The van der Waals surface area contributed by atoms with Gasteiger partial charge in [-0.05, 0) is 39.8 Å². The van der Waals surface area contributed by atoms with Crippen LogP contribution in [-0.4, -0.2) is 19.3 Å². The third kappa shape index (κ3) is 4.88. The van der Waals surface area contributed by atoms with Crippen LogP contribution in [0.2, 0.25) is 0 Å². The van der Waals surface area contributed by atoms with Gasteiger partial charge in [0.1, 0.15) is 0 Å². The average molecular weight is 235 g/mol. The first-order valence-electron chi connectivity index (χ1n) is 6.46. The molecule has 2 nitrogen and oxygen atoms in total. The number of nitrogens with one attached hydrogen (secondary N) is 1. The first-order chi connectivity index (χ1) is 8.02. The highest BCUT2D eigenvalue weighted by Crippen LogP contribution is 2.18. The Labute approximate surface area is 105 Å². The van der Waals surface area contributed by atoms with Crippen LogP contribution in [-0.2, 0) is 4.74 Å². The van der Waals surface area contributed by atoms with E-state index in [2.05, 4.69) is 58.1 Å². The zero-order chi connectivity index (χ0) is 12.8. The van der Waals surface area contributed by atoms with E-state index in [4.69, 9.17) is 4.74 Å². The Kier molecular flexibility index (Phi) is 5.66. The Morgan fingerprint density at radius 1 is 1.12 bits per heavy atom. The fraction of sp³-hybridized carbons (Fsp3) is 0.600. The van der Waals surface area contributed by atoms with Gasteiger partial charge in [-0.2, -0.15) is 0 Å². The molecule has 17 heavy (non-hydrogen) atoms. The predicted molar refractivity (Wildman–Crippen MR) is 73.4 cm³/mol. The molecule has 0 heterocycles. The standard InChI is InChI=1S/C15H25NO/c1-6-16-15(10-17-11(2)3)14-8-12(4)7-13(5)9-14/h7-9,11,15-16H,6,10H2,1-5H3. The number of aryl methyl sites for hydroxylation is 2. The van der Waals surface area contributed by atoms with Crippen molar-refractivity contribution in [2.24, 2.45) is 0 Å². The summed E-state index contributed by atoms with van der Waals surface area (Å²) in [5, 5.41) is 3.48. The summed E-state index contributed by atoms with van der Waals surface area (Å²) >= 11 is 0. The van der Waals surface area contributed by atoms with Crippen molar-refractivity contribution in [3.05, 3.63) is 34.9 Å². The maximum atomic E-state index is 5.73. The first kappa shape index (κ1) is 14.2. The summed E-state index contributed by atoms with van der Waals surface area (Å²) in [6, 6.07) is 6.98. The molecule has 0 aliphatic heterocycles. The zero-order valence-corrected chi connectivity index (χ0v) is 11.7. The number of hydrogen-bond acceptors (Lipinski definition) is 2. The number of hydrogen-bond donors (Lipinski definition) is 1. The van der Waals surface area contributed by atoms with Gasteiger partial charge in [0, 0.05) is 0 Å². The monoisotopic (exact) mass is 235 g/mol. The summed E-state index contributed by atoms with van der Waals surface area (Å²) < 4.78 is 5.73. The summed E-state index contributed by atoms with van der Waals surface area (Å²) in [5.41, 5.74) is 3.95. The maximum absolute atomic E-state index is 5.73. The van der Waals surface area contributed by atoms with Gasteiger partial charge >= 0.3 is 0 Å². The fourth-order valence-corrected chi connectivity index (χ4v) is 2.02. The van der Waals surface area contributed by atoms with Crippen molar-refractivity contribution in [2.45, 2.75) is 46.8 Å². The lowest BCUT2D eigenvalue weighted by Crippen LogP contribution is -2.26. The van der Waals surface area contributed by atoms with Crippen LogP contribution in [0.3, 0.4) is 0 Å². The van der Waals surface area contributed by atoms with Crippen molar-refractivity contribution in [2.75, 3.05) is 13.2 Å². The number of ether oxygens (including phenoxy) is 1. The third-order valence-corrected chi connectivity index (χ3v) is 2.69. The smallest absolute Gasteiger partial charge is 0.0664 e. The molecule has 0 spiro atoms. The lowest BCUT2D eigenvalue weighted by Gasteiger charge is -2.21. The molecule has 0 radical (unpaired) electrons. The number of likely N-dealkylation sites (N-methyl/N-ethyl adjacent to an activating group) is 1. The highest BCUT2D eigenvalue weighted by molar-refractivity contribution is 5.30. The number of benzene rings is 1. The lowest BCUT2D eigenvalue weighted by atomic mass is 10.0. The molecular weight excluding hydrogens is 210 g/mol. The van der Waals surface area contributed by atoms with E-state index in [-0.39, 0.29) is 6.10 Å². The molecule has 0 aliphatic carbocycles. The topological polar surface area (TPSA) is 21.3 Å². The summed E-state index contributed by atoms with van der Waals surface area (Å²) in [5.74, 6) is 0. The second-order valence-electron chi connectivity index (χ2n) is 4.91. The van der Waals surface area contributed by atoms with Crippen molar-refractivity contribution in [1.82, 2.24) is 5.32 Å².